The van der Waals surface area contributed by atoms with Crippen LogP contribution in [0.3, 0.4) is 0 Å². The van der Waals surface area contributed by atoms with Crippen LogP contribution in [0, 0.1) is 0 Å². The minimum atomic E-state index is -1.51. The van der Waals surface area contributed by atoms with Gasteiger partial charge in [0.05, 0.1) is 34.4 Å². The summed E-state index contributed by atoms with van der Waals surface area (Å²) < 4.78 is 22.8. The Hall–Kier alpha value is -3.01. The molecule has 0 bridgehead atoms. The van der Waals surface area contributed by atoms with Crippen molar-refractivity contribution in [2.45, 2.75) is 238 Å². The standard InChI is InChI=1S/C57H101NO8/c1-6-8-10-12-14-16-18-20-22-24-25-26-27-28-29-30-31-32-34-36-38-40-42-44-46-48-55(60)66-53(52-65-57(56(61)62)63-50-49-58(3,4)5)51-64-54(59)47-45-43-41-39-37-35-33-23-21-19-17-15-13-11-9-7-2/h8,10,14,16,20,22,25-26,28-29,53,57H,6-7,9,11-13,15,17-19,21,23-24,27,30-52H2,1-5H3/p+1/b10-8-,16-14-,22-20-,26-25-,29-28-. The molecule has 0 aliphatic carbocycles. The number of carbonyl (C=O) groups excluding carboxylic acids is 2. The van der Waals surface area contributed by atoms with Crippen molar-refractivity contribution in [3.63, 3.8) is 0 Å². The Morgan fingerprint density at radius 1 is 0.470 bits per heavy atom. The van der Waals surface area contributed by atoms with Crippen LogP contribution in [-0.4, -0.2) is 87.4 Å². The van der Waals surface area contributed by atoms with E-state index in [-0.39, 0.29) is 32.2 Å². The Morgan fingerprint density at radius 2 is 0.864 bits per heavy atom. The third-order valence-electron chi connectivity index (χ3n) is 11.5. The van der Waals surface area contributed by atoms with E-state index in [1.54, 1.807) is 0 Å². The second kappa shape index (κ2) is 48.4. The first-order valence-electron chi connectivity index (χ1n) is 27.0. The number of unbranched alkanes of at least 4 members (excludes halogenated alkanes) is 24. The Labute approximate surface area is 405 Å². The first-order chi connectivity index (χ1) is 32.1. The highest BCUT2D eigenvalue weighted by Gasteiger charge is 2.25. The molecule has 66 heavy (non-hydrogen) atoms. The summed E-state index contributed by atoms with van der Waals surface area (Å²) >= 11 is 0. The maximum atomic E-state index is 12.8. The molecular weight excluding hydrogens is 827 g/mol. The molecule has 0 aliphatic heterocycles. The Bertz CT molecular complexity index is 1270. The van der Waals surface area contributed by atoms with E-state index in [1.165, 1.54) is 116 Å². The van der Waals surface area contributed by atoms with Gasteiger partial charge in [0.25, 0.3) is 6.29 Å². The molecule has 0 saturated carbocycles. The number of likely N-dealkylation sites (N-methyl/N-ethyl adjacent to an activating group) is 1. The van der Waals surface area contributed by atoms with Crippen LogP contribution in [0.4, 0.5) is 0 Å². The molecular formula is C57H102NO8+. The summed E-state index contributed by atoms with van der Waals surface area (Å²) in [6, 6.07) is 0. The molecule has 382 valence electrons. The second-order valence-corrected chi connectivity index (χ2v) is 19.2. The van der Waals surface area contributed by atoms with Crippen LogP contribution in [-0.2, 0) is 33.3 Å². The zero-order chi connectivity index (χ0) is 48.4. The molecule has 0 heterocycles. The van der Waals surface area contributed by atoms with Crippen molar-refractivity contribution in [3.8, 4) is 0 Å². The number of quaternary nitrogens is 1. The van der Waals surface area contributed by atoms with Gasteiger partial charge in [0, 0.05) is 12.8 Å². The molecule has 0 amide bonds. The van der Waals surface area contributed by atoms with E-state index in [1.807, 2.05) is 21.1 Å². The van der Waals surface area contributed by atoms with E-state index < -0.39 is 24.3 Å². The molecule has 0 saturated heterocycles. The van der Waals surface area contributed by atoms with Crippen molar-refractivity contribution in [1.29, 1.82) is 0 Å². The first kappa shape index (κ1) is 63.0. The summed E-state index contributed by atoms with van der Waals surface area (Å²) in [4.78, 5) is 37.3. The van der Waals surface area contributed by atoms with Crippen molar-refractivity contribution >= 4 is 17.9 Å². The van der Waals surface area contributed by atoms with Crippen LogP contribution in [0.25, 0.3) is 0 Å². The fraction of sp³-hybridized carbons (Fsp3) is 0.772. The van der Waals surface area contributed by atoms with Crippen molar-refractivity contribution in [2.75, 3.05) is 47.5 Å². The largest absolute Gasteiger partial charge is 0.477 e. The number of ether oxygens (including phenoxy) is 4. The van der Waals surface area contributed by atoms with Gasteiger partial charge in [0.2, 0.25) is 0 Å². The van der Waals surface area contributed by atoms with Crippen molar-refractivity contribution in [2.24, 2.45) is 0 Å². The highest BCUT2D eigenvalue weighted by atomic mass is 16.7. The van der Waals surface area contributed by atoms with Gasteiger partial charge in [0.15, 0.2) is 6.10 Å². The monoisotopic (exact) mass is 929 g/mol. The molecule has 0 fully saturated rings. The van der Waals surface area contributed by atoms with Gasteiger partial charge >= 0.3 is 17.9 Å². The number of esters is 2. The molecule has 1 N–H and O–H groups in total. The fourth-order valence-electron chi connectivity index (χ4n) is 7.39. The number of carbonyl (C=O) groups is 3. The Morgan fingerprint density at radius 3 is 1.29 bits per heavy atom. The molecule has 0 spiro atoms. The Balaban J connectivity index is 4.30. The van der Waals surface area contributed by atoms with Gasteiger partial charge in [-0.2, -0.15) is 0 Å². The quantitative estimate of drug-likeness (QED) is 0.0211. The predicted octanol–water partition coefficient (Wildman–Crippen LogP) is 15.3. The van der Waals surface area contributed by atoms with Gasteiger partial charge in [0.1, 0.15) is 13.2 Å². The molecule has 0 aromatic heterocycles. The van der Waals surface area contributed by atoms with Crippen molar-refractivity contribution in [1.82, 2.24) is 0 Å². The summed E-state index contributed by atoms with van der Waals surface area (Å²) in [5, 5.41) is 9.68. The number of carboxylic acids is 1. The summed E-state index contributed by atoms with van der Waals surface area (Å²) in [5.41, 5.74) is 0. The number of carboxylic acid groups (broad SMARTS) is 1. The van der Waals surface area contributed by atoms with Crippen LogP contribution in [0.5, 0.6) is 0 Å². The van der Waals surface area contributed by atoms with Gasteiger partial charge in [-0.25, -0.2) is 4.79 Å². The molecule has 0 rings (SSSR count). The van der Waals surface area contributed by atoms with Crippen LogP contribution in [0.1, 0.15) is 226 Å². The van der Waals surface area contributed by atoms with Gasteiger partial charge in [-0.1, -0.05) is 216 Å². The lowest BCUT2D eigenvalue weighted by Gasteiger charge is -2.25. The number of allylic oxidation sites excluding steroid dienone is 10. The summed E-state index contributed by atoms with van der Waals surface area (Å²) in [7, 11) is 5.96. The molecule has 0 aromatic rings. The number of aliphatic carboxylic acids is 1. The summed E-state index contributed by atoms with van der Waals surface area (Å²) in [5.74, 6) is -2.01. The lowest BCUT2D eigenvalue weighted by Crippen LogP contribution is -2.40. The van der Waals surface area contributed by atoms with E-state index >= 15 is 0 Å². The minimum Gasteiger partial charge on any atom is -0.477 e. The van der Waals surface area contributed by atoms with Crippen molar-refractivity contribution < 1.29 is 42.9 Å². The van der Waals surface area contributed by atoms with Crippen LogP contribution >= 0.6 is 0 Å². The van der Waals surface area contributed by atoms with Crippen LogP contribution in [0.2, 0.25) is 0 Å². The van der Waals surface area contributed by atoms with E-state index in [4.69, 9.17) is 18.9 Å². The van der Waals surface area contributed by atoms with E-state index in [2.05, 4.69) is 74.6 Å². The third-order valence-corrected chi connectivity index (χ3v) is 11.5. The van der Waals surface area contributed by atoms with E-state index in [9.17, 15) is 19.5 Å². The van der Waals surface area contributed by atoms with Crippen LogP contribution in [0.15, 0.2) is 60.8 Å². The molecule has 2 atom stereocenters. The van der Waals surface area contributed by atoms with Gasteiger partial charge in [-0.15, -0.1) is 0 Å². The number of nitrogens with zero attached hydrogens (tertiary/aromatic N) is 1. The SMILES string of the molecule is CC/C=C\C/C=C\C/C=C\C/C=C\C/C=C\CCCCCCCCCCCC(=O)OC(COC(=O)CCCCCCCCCCCCCCCCCC)COC(OCC[N+](C)(C)C)C(=O)O. The molecule has 0 aromatic carbocycles. The van der Waals surface area contributed by atoms with Gasteiger partial charge < -0.3 is 28.5 Å². The van der Waals surface area contributed by atoms with Crippen molar-refractivity contribution in [3.05, 3.63) is 60.8 Å². The molecule has 9 nitrogen and oxygen atoms in total. The van der Waals surface area contributed by atoms with Gasteiger partial charge in [-0.3, -0.25) is 9.59 Å². The lowest BCUT2D eigenvalue weighted by atomic mass is 10.0. The maximum absolute atomic E-state index is 12.8. The number of rotatable bonds is 49. The number of hydrogen-bond acceptors (Lipinski definition) is 7. The zero-order valence-electron chi connectivity index (χ0n) is 43.3. The predicted molar refractivity (Wildman–Crippen MR) is 276 cm³/mol. The zero-order valence-corrected chi connectivity index (χ0v) is 43.3. The first-order valence-corrected chi connectivity index (χ1v) is 27.0. The molecule has 9 heteroatoms. The highest BCUT2D eigenvalue weighted by molar-refractivity contribution is 5.71. The normalized spacial score (nSPS) is 13.3. The summed E-state index contributed by atoms with van der Waals surface area (Å²) in [6.07, 6.45) is 57.1. The fourth-order valence-corrected chi connectivity index (χ4v) is 7.39. The van der Waals surface area contributed by atoms with E-state index in [0.717, 1.165) is 77.0 Å². The Kier molecular flexibility index (Phi) is 46.2. The molecule has 2 unspecified atom stereocenters. The highest BCUT2D eigenvalue weighted by Crippen LogP contribution is 2.16. The molecule has 0 aliphatic rings. The van der Waals surface area contributed by atoms with E-state index in [0.29, 0.717) is 23.9 Å². The molecule has 0 radical (unpaired) electrons. The summed E-state index contributed by atoms with van der Waals surface area (Å²) in [6.45, 7) is 4.77. The number of hydrogen-bond donors (Lipinski definition) is 1. The lowest BCUT2D eigenvalue weighted by molar-refractivity contribution is -0.870. The topological polar surface area (TPSA) is 108 Å². The minimum absolute atomic E-state index is 0.184. The average molecular weight is 929 g/mol. The van der Waals surface area contributed by atoms with Crippen LogP contribution < -0.4 is 0 Å². The average Bonchev–Trinajstić information content (AvgIpc) is 3.28. The van der Waals surface area contributed by atoms with Gasteiger partial charge in [-0.05, 0) is 57.8 Å². The maximum Gasteiger partial charge on any atom is 0.361 e. The smallest absolute Gasteiger partial charge is 0.361 e. The third kappa shape index (κ3) is 48.9. The second-order valence-electron chi connectivity index (χ2n) is 19.2.